The zero-order chi connectivity index (χ0) is 12.0. The van der Waals surface area contributed by atoms with Crippen LogP contribution in [-0.4, -0.2) is 35.2 Å². The standard InChI is InChI=1S/C9H14N4O3/c1-2-16-7(14)3-4-11-9(15)8-6(10)5-12-13-8/h5H,2-4,10H2,1H3,(H,11,15)(H,12,13). The topological polar surface area (TPSA) is 110 Å². The molecule has 7 nitrogen and oxygen atoms in total. The number of rotatable bonds is 5. The largest absolute Gasteiger partial charge is 0.466 e. The van der Waals surface area contributed by atoms with E-state index in [9.17, 15) is 9.59 Å². The molecule has 16 heavy (non-hydrogen) atoms. The Morgan fingerprint density at radius 3 is 2.94 bits per heavy atom. The van der Waals surface area contributed by atoms with Crippen LogP contribution >= 0.6 is 0 Å². The number of anilines is 1. The average Bonchev–Trinajstić information content (AvgIpc) is 2.64. The van der Waals surface area contributed by atoms with Gasteiger partial charge < -0.3 is 15.8 Å². The Balaban J connectivity index is 2.31. The van der Waals surface area contributed by atoms with Gasteiger partial charge in [0, 0.05) is 6.54 Å². The summed E-state index contributed by atoms with van der Waals surface area (Å²) in [5.74, 6) is -0.736. The molecule has 0 radical (unpaired) electrons. The van der Waals surface area contributed by atoms with E-state index in [1.165, 1.54) is 6.20 Å². The Bertz CT molecular complexity index is 375. The fourth-order valence-corrected chi connectivity index (χ4v) is 1.08. The summed E-state index contributed by atoms with van der Waals surface area (Å²) in [6.07, 6.45) is 1.48. The van der Waals surface area contributed by atoms with Crippen LogP contribution in [0, 0.1) is 0 Å². The van der Waals surface area contributed by atoms with Crippen molar-refractivity contribution in [3.63, 3.8) is 0 Å². The van der Waals surface area contributed by atoms with Gasteiger partial charge in [0.15, 0.2) is 0 Å². The number of hydrogen-bond donors (Lipinski definition) is 3. The summed E-state index contributed by atoms with van der Waals surface area (Å²) < 4.78 is 4.70. The van der Waals surface area contributed by atoms with E-state index in [2.05, 4.69) is 15.5 Å². The molecule has 0 fully saturated rings. The van der Waals surface area contributed by atoms with Crippen molar-refractivity contribution < 1.29 is 14.3 Å². The van der Waals surface area contributed by atoms with Crippen LogP contribution in [0.4, 0.5) is 5.69 Å². The summed E-state index contributed by atoms with van der Waals surface area (Å²) in [5.41, 5.74) is 5.94. The molecule has 0 aliphatic heterocycles. The smallest absolute Gasteiger partial charge is 0.307 e. The summed E-state index contributed by atoms with van der Waals surface area (Å²) in [4.78, 5) is 22.4. The highest BCUT2D eigenvalue weighted by Crippen LogP contribution is 2.04. The number of ether oxygens (including phenoxy) is 1. The van der Waals surface area contributed by atoms with Gasteiger partial charge in [-0.25, -0.2) is 0 Å². The van der Waals surface area contributed by atoms with E-state index in [0.29, 0.717) is 6.61 Å². The number of hydrogen-bond acceptors (Lipinski definition) is 5. The average molecular weight is 226 g/mol. The Hall–Kier alpha value is -2.05. The molecule has 4 N–H and O–H groups in total. The lowest BCUT2D eigenvalue weighted by Gasteiger charge is -2.03. The van der Waals surface area contributed by atoms with E-state index < -0.39 is 0 Å². The second-order valence-corrected chi connectivity index (χ2v) is 3.01. The van der Waals surface area contributed by atoms with Crippen molar-refractivity contribution in [2.75, 3.05) is 18.9 Å². The first-order valence-electron chi connectivity index (χ1n) is 4.87. The van der Waals surface area contributed by atoms with Gasteiger partial charge in [-0.3, -0.25) is 14.7 Å². The minimum Gasteiger partial charge on any atom is -0.466 e. The SMILES string of the molecule is CCOC(=O)CCNC(=O)c1[nH]ncc1N. The molecule has 1 amide bonds. The lowest BCUT2D eigenvalue weighted by atomic mass is 10.3. The van der Waals surface area contributed by atoms with Crippen LogP contribution in [0.2, 0.25) is 0 Å². The number of esters is 1. The van der Waals surface area contributed by atoms with Crippen LogP contribution in [0.1, 0.15) is 23.8 Å². The molecule has 1 rings (SSSR count). The molecule has 0 unspecified atom stereocenters. The first kappa shape index (κ1) is 12.0. The zero-order valence-corrected chi connectivity index (χ0v) is 8.95. The highest BCUT2D eigenvalue weighted by atomic mass is 16.5. The highest BCUT2D eigenvalue weighted by Gasteiger charge is 2.11. The van der Waals surface area contributed by atoms with E-state index in [4.69, 9.17) is 10.5 Å². The Morgan fingerprint density at radius 2 is 2.38 bits per heavy atom. The summed E-state index contributed by atoms with van der Waals surface area (Å²) in [6.45, 7) is 2.26. The second-order valence-electron chi connectivity index (χ2n) is 3.01. The van der Waals surface area contributed by atoms with Crippen molar-refractivity contribution in [2.24, 2.45) is 0 Å². The van der Waals surface area contributed by atoms with Crippen LogP contribution in [0.5, 0.6) is 0 Å². The molecule has 0 bridgehead atoms. The number of nitrogens with zero attached hydrogens (tertiary/aromatic N) is 1. The predicted octanol–water partition coefficient (Wildman–Crippen LogP) is -0.325. The number of H-pyrrole nitrogens is 1. The van der Waals surface area contributed by atoms with Crippen molar-refractivity contribution in [3.05, 3.63) is 11.9 Å². The highest BCUT2D eigenvalue weighted by molar-refractivity contribution is 5.97. The molecule has 0 atom stereocenters. The molecule has 7 heteroatoms. The summed E-state index contributed by atoms with van der Waals surface area (Å²) in [6, 6.07) is 0. The van der Waals surface area contributed by atoms with E-state index in [0.717, 1.165) is 0 Å². The van der Waals surface area contributed by atoms with Gasteiger partial charge in [-0.05, 0) is 6.92 Å². The summed E-state index contributed by atoms with van der Waals surface area (Å²) in [7, 11) is 0. The van der Waals surface area contributed by atoms with Gasteiger partial charge in [-0.2, -0.15) is 5.10 Å². The molecule has 0 spiro atoms. The van der Waals surface area contributed by atoms with Crippen molar-refractivity contribution in [2.45, 2.75) is 13.3 Å². The van der Waals surface area contributed by atoms with Gasteiger partial charge in [0.1, 0.15) is 5.69 Å². The number of nitrogen functional groups attached to an aromatic ring is 1. The third-order valence-electron chi connectivity index (χ3n) is 1.82. The maximum absolute atomic E-state index is 11.5. The molecule has 1 aromatic heterocycles. The Labute approximate surface area is 92.3 Å². The van der Waals surface area contributed by atoms with E-state index >= 15 is 0 Å². The lowest BCUT2D eigenvalue weighted by molar-refractivity contribution is -0.142. The van der Waals surface area contributed by atoms with Gasteiger partial charge in [0.25, 0.3) is 5.91 Å². The fourth-order valence-electron chi connectivity index (χ4n) is 1.08. The van der Waals surface area contributed by atoms with Crippen LogP contribution in [-0.2, 0) is 9.53 Å². The first-order valence-corrected chi connectivity index (χ1v) is 4.87. The number of amides is 1. The number of carbonyl (C=O) groups is 2. The van der Waals surface area contributed by atoms with Gasteiger partial charge in [0.2, 0.25) is 0 Å². The number of nitrogens with two attached hydrogens (primary N) is 1. The number of nitrogens with one attached hydrogen (secondary N) is 2. The molecule has 0 saturated carbocycles. The number of aromatic nitrogens is 2. The molecule has 88 valence electrons. The first-order chi connectivity index (χ1) is 7.65. The minimum absolute atomic E-state index is 0.133. The van der Waals surface area contributed by atoms with Gasteiger partial charge in [0.05, 0.1) is 24.9 Å². The molecule has 1 aromatic rings. The second kappa shape index (κ2) is 5.74. The third-order valence-corrected chi connectivity index (χ3v) is 1.82. The molecule has 0 aliphatic rings. The minimum atomic E-state index is -0.390. The van der Waals surface area contributed by atoms with E-state index in [1.807, 2.05) is 0 Å². The molecular formula is C9H14N4O3. The van der Waals surface area contributed by atoms with Crippen molar-refractivity contribution in [1.82, 2.24) is 15.5 Å². The van der Waals surface area contributed by atoms with Gasteiger partial charge in [-0.15, -0.1) is 0 Å². The van der Waals surface area contributed by atoms with Gasteiger partial charge in [-0.1, -0.05) is 0 Å². The Kier molecular flexibility index (Phi) is 4.31. The quantitative estimate of drug-likeness (QED) is 0.596. The summed E-state index contributed by atoms with van der Waals surface area (Å²) in [5, 5.41) is 8.60. The van der Waals surface area contributed by atoms with Crippen molar-refractivity contribution >= 4 is 17.6 Å². The van der Waals surface area contributed by atoms with Crippen LogP contribution in [0.15, 0.2) is 6.20 Å². The maximum atomic E-state index is 11.5. The zero-order valence-electron chi connectivity index (χ0n) is 8.95. The lowest BCUT2D eigenvalue weighted by Crippen LogP contribution is -2.27. The molecule has 1 heterocycles. The monoisotopic (exact) mass is 226 g/mol. The van der Waals surface area contributed by atoms with E-state index in [-0.39, 0.29) is 36.2 Å². The van der Waals surface area contributed by atoms with E-state index in [1.54, 1.807) is 6.92 Å². The van der Waals surface area contributed by atoms with Crippen LogP contribution in [0.3, 0.4) is 0 Å². The van der Waals surface area contributed by atoms with Gasteiger partial charge >= 0.3 is 5.97 Å². The van der Waals surface area contributed by atoms with Crippen LogP contribution in [0.25, 0.3) is 0 Å². The maximum Gasteiger partial charge on any atom is 0.307 e. The normalized spacial score (nSPS) is 9.81. The summed E-state index contributed by atoms with van der Waals surface area (Å²) >= 11 is 0. The Morgan fingerprint density at radius 1 is 1.62 bits per heavy atom. The van der Waals surface area contributed by atoms with Crippen LogP contribution < -0.4 is 11.1 Å². The molecule has 0 saturated heterocycles. The van der Waals surface area contributed by atoms with Crippen molar-refractivity contribution in [1.29, 1.82) is 0 Å². The predicted molar refractivity (Wildman–Crippen MR) is 56.6 cm³/mol. The molecule has 0 aliphatic carbocycles. The number of aromatic amines is 1. The van der Waals surface area contributed by atoms with Crippen molar-refractivity contribution in [3.8, 4) is 0 Å². The molecule has 0 aromatic carbocycles. The molecular weight excluding hydrogens is 212 g/mol. The fraction of sp³-hybridized carbons (Fsp3) is 0.444. The third kappa shape index (κ3) is 3.26. The number of carbonyl (C=O) groups excluding carboxylic acids is 2.